The summed E-state index contributed by atoms with van der Waals surface area (Å²) in [4.78, 5) is 0. The second-order valence-electron chi connectivity index (χ2n) is 4.61. The van der Waals surface area contributed by atoms with Crippen molar-refractivity contribution >= 4 is 31.9 Å². The highest BCUT2D eigenvalue weighted by molar-refractivity contribution is 9.10. The van der Waals surface area contributed by atoms with Crippen LogP contribution in [-0.2, 0) is 6.54 Å². The van der Waals surface area contributed by atoms with E-state index in [1.807, 2.05) is 18.2 Å². The number of nitrogens with one attached hydrogen (secondary N) is 1. The van der Waals surface area contributed by atoms with Gasteiger partial charge < -0.3 is 10.1 Å². The summed E-state index contributed by atoms with van der Waals surface area (Å²) in [6.45, 7) is 3.90. The molecule has 0 saturated carbocycles. The van der Waals surface area contributed by atoms with E-state index in [0.29, 0.717) is 10.2 Å². The fraction of sp³-hybridized carbons (Fsp3) is 0.250. The third-order valence-corrected chi connectivity index (χ3v) is 4.12. The van der Waals surface area contributed by atoms with E-state index in [-0.39, 0.29) is 5.75 Å². The first-order valence-corrected chi connectivity index (χ1v) is 8.31. The molecule has 2 aromatic rings. The summed E-state index contributed by atoms with van der Waals surface area (Å²) >= 11 is 6.74. The maximum Gasteiger partial charge on any atom is 0.166 e. The van der Waals surface area contributed by atoms with Gasteiger partial charge in [-0.3, -0.25) is 0 Å². The smallest absolute Gasteiger partial charge is 0.166 e. The summed E-state index contributed by atoms with van der Waals surface area (Å²) in [5.41, 5.74) is 1.15. The van der Waals surface area contributed by atoms with Gasteiger partial charge in [-0.05, 0) is 48.9 Å². The molecule has 0 heterocycles. The van der Waals surface area contributed by atoms with Crippen LogP contribution in [0.25, 0.3) is 0 Å². The molecular weight excluding hydrogens is 401 g/mol. The minimum Gasteiger partial charge on any atom is -0.454 e. The SMILES string of the molecule is CCCNCc1ccc(Oc2ccc(Br)cc2F)cc1Br. The van der Waals surface area contributed by atoms with Gasteiger partial charge in [-0.1, -0.05) is 44.8 Å². The van der Waals surface area contributed by atoms with E-state index in [1.54, 1.807) is 12.1 Å². The van der Waals surface area contributed by atoms with E-state index in [1.165, 1.54) is 6.07 Å². The van der Waals surface area contributed by atoms with Crippen LogP contribution in [0, 0.1) is 5.82 Å². The van der Waals surface area contributed by atoms with Gasteiger partial charge in [0.15, 0.2) is 11.6 Å². The average molecular weight is 417 g/mol. The van der Waals surface area contributed by atoms with Crippen molar-refractivity contribution in [2.45, 2.75) is 19.9 Å². The van der Waals surface area contributed by atoms with Gasteiger partial charge in [0.05, 0.1) is 0 Å². The molecule has 0 spiro atoms. The van der Waals surface area contributed by atoms with Crippen molar-refractivity contribution in [3.8, 4) is 11.5 Å². The molecule has 21 heavy (non-hydrogen) atoms. The molecule has 0 bridgehead atoms. The van der Waals surface area contributed by atoms with Crippen molar-refractivity contribution in [2.24, 2.45) is 0 Å². The van der Waals surface area contributed by atoms with Crippen LogP contribution in [-0.4, -0.2) is 6.54 Å². The van der Waals surface area contributed by atoms with E-state index in [2.05, 4.69) is 44.1 Å². The quantitative estimate of drug-likeness (QED) is 0.615. The molecule has 112 valence electrons. The highest BCUT2D eigenvalue weighted by Crippen LogP contribution is 2.29. The molecule has 0 unspecified atom stereocenters. The van der Waals surface area contributed by atoms with Crippen molar-refractivity contribution in [3.63, 3.8) is 0 Å². The molecule has 0 saturated heterocycles. The molecule has 0 aliphatic rings. The van der Waals surface area contributed by atoms with E-state index in [0.717, 1.165) is 29.5 Å². The first-order chi connectivity index (χ1) is 10.1. The molecule has 2 nitrogen and oxygen atoms in total. The molecule has 0 atom stereocenters. The Bertz CT molecular complexity index is 619. The molecule has 0 fully saturated rings. The van der Waals surface area contributed by atoms with Gasteiger partial charge in [0.25, 0.3) is 0 Å². The number of hydrogen-bond donors (Lipinski definition) is 1. The summed E-state index contributed by atoms with van der Waals surface area (Å²) in [6, 6.07) is 10.4. The zero-order valence-corrected chi connectivity index (χ0v) is 14.8. The van der Waals surface area contributed by atoms with E-state index in [9.17, 15) is 4.39 Å². The van der Waals surface area contributed by atoms with Crippen LogP contribution >= 0.6 is 31.9 Å². The molecule has 1 N–H and O–H groups in total. The van der Waals surface area contributed by atoms with Gasteiger partial charge >= 0.3 is 0 Å². The van der Waals surface area contributed by atoms with Gasteiger partial charge in [0.2, 0.25) is 0 Å². The van der Waals surface area contributed by atoms with Crippen LogP contribution in [0.4, 0.5) is 4.39 Å². The Hall–Kier alpha value is -0.910. The summed E-state index contributed by atoms with van der Waals surface area (Å²) in [6.07, 6.45) is 1.10. The number of hydrogen-bond acceptors (Lipinski definition) is 2. The number of ether oxygens (including phenoxy) is 1. The molecule has 2 aromatic carbocycles. The van der Waals surface area contributed by atoms with Gasteiger partial charge in [0, 0.05) is 15.5 Å². The predicted molar refractivity (Wildman–Crippen MR) is 90.3 cm³/mol. The fourth-order valence-corrected chi connectivity index (χ4v) is 2.65. The zero-order chi connectivity index (χ0) is 15.2. The van der Waals surface area contributed by atoms with Crippen molar-refractivity contribution in [3.05, 3.63) is 56.7 Å². The van der Waals surface area contributed by atoms with Crippen LogP contribution in [0.5, 0.6) is 11.5 Å². The maximum atomic E-state index is 13.7. The maximum absolute atomic E-state index is 13.7. The Morgan fingerprint density at radius 1 is 1.14 bits per heavy atom. The molecule has 0 aliphatic carbocycles. The lowest BCUT2D eigenvalue weighted by atomic mass is 10.2. The Kier molecular flexibility index (Phi) is 6.21. The van der Waals surface area contributed by atoms with Gasteiger partial charge in [-0.2, -0.15) is 0 Å². The van der Waals surface area contributed by atoms with Crippen LogP contribution in [0.15, 0.2) is 45.3 Å². The number of halogens is 3. The van der Waals surface area contributed by atoms with Gasteiger partial charge in [-0.25, -0.2) is 4.39 Å². The van der Waals surface area contributed by atoms with Crippen LogP contribution < -0.4 is 10.1 Å². The Morgan fingerprint density at radius 2 is 1.95 bits per heavy atom. The predicted octanol–water partition coefficient (Wildman–Crippen LogP) is 5.64. The fourth-order valence-electron chi connectivity index (χ4n) is 1.82. The van der Waals surface area contributed by atoms with E-state index in [4.69, 9.17) is 4.74 Å². The molecule has 0 aromatic heterocycles. The molecule has 0 aliphatic heterocycles. The van der Waals surface area contributed by atoms with Crippen molar-refractivity contribution in [2.75, 3.05) is 6.54 Å². The first-order valence-electron chi connectivity index (χ1n) is 6.72. The van der Waals surface area contributed by atoms with Crippen molar-refractivity contribution in [1.29, 1.82) is 0 Å². The molecule has 2 rings (SSSR count). The minimum atomic E-state index is -0.394. The van der Waals surface area contributed by atoms with Crippen molar-refractivity contribution in [1.82, 2.24) is 5.32 Å². The number of rotatable bonds is 6. The van der Waals surface area contributed by atoms with Crippen molar-refractivity contribution < 1.29 is 9.13 Å². The monoisotopic (exact) mass is 415 g/mol. The third kappa shape index (κ3) is 4.80. The van der Waals surface area contributed by atoms with Gasteiger partial charge in [-0.15, -0.1) is 0 Å². The van der Waals surface area contributed by atoms with Crippen LogP contribution in [0.3, 0.4) is 0 Å². The second-order valence-corrected chi connectivity index (χ2v) is 6.38. The van der Waals surface area contributed by atoms with Gasteiger partial charge in [0.1, 0.15) is 5.75 Å². The number of benzene rings is 2. The normalized spacial score (nSPS) is 10.7. The third-order valence-electron chi connectivity index (χ3n) is 2.89. The highest BCUT2D eigenvalue weighted by atomic mass is 79.9. The topological polar surface area (TPSA) is 21.3 Å². The minimum absolute atomic E-state index is 0.210. The zero-order valence-electron chi connectivity index (χ0n) is 11.6. The first kappa shape index (κ1) is 16.5. The summed E-state index contributed by atoms with van der Waals surface area (Å²) in [5.74, 6) is 0.415. The van der Waals surface area contributed by atoms with E-state index >= 15 is 0 Å². The molecule has 0 amide bonds. The molecular formula is C16H16Br2FNO. The second kappa shape index (κ2) is 7.92. The lowest BCUT2D eigenvalue weighted by Crippen LogP contribution is -2.14. The molecule has 0 radical (unpaired) electrons. The Morgan fingerprint density at radius 3 is 2.62 bits per heavy atom. The lowest BCUT2D eigenvalue weighted by Gasteiger charge is -2.10. The highest BCUT2D eigenvalue weighted by Gasteiger charge is 2.07. The standard InChI is InChI=1S/C16H16Br2FNO/c1-2-7-20-10-11-3-5-13(9-14(11)18)21-16-6-4-12(17)8-15(16)19/h3-6,8-9,20H,2,7,10H2,1H3. The molecule has 5 heteroatoms. The summed E-state index contributed by atoms with van der Waals surface area (Å²) in [5, 5.41) is 3.34. The van der Waals surface area contributed by atoms with E-state index < -0.39 is 5.82 Å². The Labute approximate surface area is 141 Å². The van der Waals surface area contributed by atoms with Crippen LogP contribution in [0.2, 0.25) is 0 Å². The Balaban J connectivity index is 2.09. The summed E-state index contributed by atoms with van der Waals surface area (Å²) in [7, 11) is 0. The largest absolute Gasteiger partial charge is 0.454 e. The lowest BCUT2D eigenvalue weighted by molar-refractivity contribution is 0.441. The van der Waals surface area contributed by atoms with Crippen LogP contribution in [0.1, 0.15) is 18.9 Å². The average Bonchev–Trinajstić information content (AvgIpc) is 2.44. The summed E-state index contributed by atoms with van der Waals surface area (Å²) < 4.78 is 21.0.